The van der Waals surface area contributed by atoms with Gasteiger partial charge < -0.3 is 19.7 Å². The smallest absolute Gasteiger partial charge is 0.405 e. The number of alkyl halides is 3. The van der Waals surface area contributed by atoms with Crippen molar-refractivity contribution in [3.05, 3.63) is 42.4 Å². The van der Waals surface area contributed by atoms with Crippen molar-refractivity contribution in [2.24, 2.45) is 0 Å². The van der Waals surface area contributed by atoms with Crippen molar-refractivity contribution in [1.29, 1.82) is 0 Å². The number of rotatable bonds is 8. The first-order valence-electron chi connectivity index (χ1n) is 11.3. The summed E-state index contributed by atoms with van der Waals surface area (Å²) in [6, 6.07) is 7.10. The lowest BCUT2D eigenvalue weighted by molar-refractivity contribution is -0.139. The van der Waals surface area contributed by atoms with Gasteiger partial charge in [0, 0.05) is 35.8 Å². The van der Waals surface area contributed by atoms with Gasteiger partial charge in [-0.05, 0) is 59.7 Å². The van der Waals surface area contributed by atoms with Crippen LogP contribution in [0.1, 0.15) is 18.4 Å². The Kier molecular flexibility index (Phi) is 7.29. The number of thiol groups is 1. The van der Waals surface area contributed by atoms with E-state index in [9.17, 15) is 22.2 Å². The van der Waals surface area contributed by atoms with Crippen molar-refractivity contribution in [3.63, 3.8) is 0 Å². The van der Waals surface area contributed by atoms with E-state index >= 15 is 0 Å². The maximum absolute atomic E-state index is 13.3. The molecule has 1 aliphatic heterocycles. The standard InChI is InChI=1S/C23H27F3N6O3S/c1-15-10-16(32(2)36(34)8-3-4-9-36)11-18-20(15)21(30-14-29-18)31-17-6-5-7-27-22(17)35-12-19(33)28-13-23(24,25)26/h5-7,10-11,14,36H,3-4,8-9,12-13H2,1-2H3,(H,28,33)(H,29,30,31). The van der Waals surface area contributed by atoms with E-state index in [4.69, 9.17) is 4.74 Å². The van der Waals surface area contributed by atoms with Crippen LogP contribution in [0.2, 0.25) is 0 Å². The Balaban J connectivity index is 1.56. The summed E-state index contributed by atoms with van der Waals surface area (Å²) in [6.07, 6.45) is 0.243. The van der Waals surface area contributed by atoms with Crippen LogP contribution in [0.5, 0.6) is 5.88 Å². The van der Waals surface area contributed by atoms with E-state index in [0.717, 1.165) is 29.5 Å². The third-order valence-electron chi connectivity index (χ3n) is 5.96. The number of ether oxygens (including phenoxy) is 1. The fourth-order valence-corrected chi connectivity index (χ4v) is 6.90. The van der Waals surface area contributed by atoms with Crippen LogP contribution in [0.15, 0.2) is 36.8 Å². The summed E-state index contributed by atoms with van der Waals surface area (Å²) < 4.78 is 57.4. The van der Waals surface area contributed by atoms with Crippen LogP contribution >= 0.6 is 0 Å². The molecule has 194 valence electrons. The van der Waals surface area contributed by atoms with Crippen molar-refractivity contribution < 1.29 is 26.9 Å². The minimum Gasteiger partial charge on any atom is -0.466 e. The Labute approximate surface area is 207 Å². The number of carbonyl (C=O) groups excluding carboxylic acids is 1. The lowest BCUT2D eigenvalue weighted by Crippen LogP contribution is -2.36. The van der Waals surface area contributed by atoms with Gasteiger partial charge in [-0.1, -0.05) is 0 Å². The number of nitrogens with one attached hydrogen (secondary N) is 2. The molecule has 1 aromatic carbocycles. The molecule has 1 amide bonds. The van der Waals surface area contributed by atoms with Gasteiger partial charge >= 0.3 is 6.18 Å². The second-order valence-corrected chi connectivity index (χ2v) is 11.8. The van der Waals surface area contributed by atoms with Gasteiger partial charge in [0.05, 0.1) is 5.52 Å². The number of amides is 1. The van der Waals surface area contributed by atoms with E-state index in [2.05, 4.69) is 20.3 Å². The molecule has 1 aliphatic rings. The predicted molar refractivity (Wildman–Crippen MR) is 133 cm³/mol. The van der Waals surface area contributed by atoms with E-state index in [1.54, 1.807) is 17.4 Å². The molecule has 4 rings (SSSR count). The second kappa shape index (κ2) is 10.2. The van der Waals surface area contributed by atoms with E-state index in [1.165, 1.54) is 12.5 Å². The molecule has 0 spiro atoms. The summed E-state index contributed by atoms with van der Waals surface area (Å²) in [5.74, 6) is 0.966. The minimum atomic E-state index is -4.51. The number of aryl methyl sites for hydroxylation is 1. The SMILES string of the molecule is Cc1cc(N(C)[SH]2(=O)CCCC2)cc2ncnc(Nc3cccnc3OCC(=O)NCC(F)(F)F)c12. The number of aromatic nitrogens is 3. The molecule has 2 aromatic heterocycles. The van der Waals surface area contributed by atoms with Crippen LogP contribution in [-0.2, 0) is 14.9 Å². The highest BCUT2D eigenvalue weighted by molar-refractivity contribution is 8.04. The normalized spacial score (nSPS) is 15.9. The fourth-order valence-electron chi connectivity index (χ4n) is 4.11. The number of benzene rings is 1. The van der Waals surface area contributed by atoms with E-state index in [-0.39, 0.29) is 5.88 Å². The number of carbonyl (C=O) groups is 1. The Morgan fingerprint density at radius 2 is 1.94 bits per heavy atom. The molecule has 0 unspecified atom stereocenters. The van der Waals surface area contributed by atoms with E-state index < -0.39 is 35.4 Å². The van der Waals surface area contributed by atoms with Gasteiger partial charge in [-0.15, -0.1) is 0 Å². The summed E-state index contributed by atoms with van der Waals surface area (Å²) in [5.41, 5.74) is 2.71. The monoisotopic (exact) mass is 524 g/mol. The van der Waals surface area contributed by atoms with Gasteiger partial charge in [0.15, 0.2) is 6.61 Å². The summed E-state index contributed by atoms with van der Waals surface area (Å²) in [4.78, 5) is 24.6. The van der Waals surface area contributed by atoms with Crippen LogP contribution in [0, 0.1) is 6.92 Å². The third-order valence-corrected chi connectivity index (χ3v) is 9.31. The number of halogens is 3. The molecular weight excluding hydrogens is 497 g/mol. The van der Waals surface area contributed by atoms with Crippen LogP contribution in [-0.4, -0.2) is 62.9 Å². The quantitative estimate of drug-likeness (QED) is 0.388. The molecule has 0 saturated carbocycles. The molecule has 36 heavy (non-hydrogen) atoms. The first kappa shape index (κ1) is 25.6. The van der Waals surface area contributed by atoms with Gasteiger partial charge in [0.2, 0.25) is 5.88 Å². The molecule has 1 saturated heterocycles. The summed E-state index contributed by atoms with van der Waals surface area (Å²) in [7, 11) is -0.572. The number of nitrogens with zero attached hydrogens (tertiary/aromatic N) is 4. The van der Waals surface area contributed by atoms with Crippen LogP contribution < -0.4 is 19.7 Å². The molecular formula is C23H27F3N6O3S. The number of anilines is 3. The Morgan fingerprint density at radius 3 is 2.67 bits per heavy atom. The average molecular weight is 525 g/mol. The highest BCUT2D eigenvalue weighted by Gasteiger charge is 2.28. The van der Waals surface area contributed by atoms with Crippen LogP contribution in [0.3, 0.4) is 0 Å². The van der Waals surface area contributed by atoms with Crippen LogP contribution in [0.4, 0.5) is 30.4 Å². The number of hydrogen-bond donors (Lipinski definition) is 3. The van der Waals surface area contributed by atoms with Crippen molar-refractivity contribution in [2.75, 3.05) is 41.3 Å². The molecule has 3 aromatic rings. The number of hydrogen-bond acceptors (Lipinski definition) is 7. The summed E-state index contributed by atoms with van der Waals surface area (Å²) in [5, 5.41) is 5.61. The topological polar surface area (TPSA) is 109 Å². The molecule has 9 nitrogen and oxygen atoms in total. The molecule has 0 atom stereocenters. The highest BCUT2D eigenvalue weighted by atomic mass is 32.3. The van der Waals surface area contributed by atoms with Gasteiger partial charge in [0.1, 0.15) is 24.4 Å². The Bertz CT molecular complexity index is 1310. The maximum atomic E-state index is 13.3. The number of fused-ring (bicyclic) bond motifs is 1. The van der Waals surface area contributed by atoms with Crippen molar-refractivity contribution >= 4 is 44.1 Å². The molecule has 0 aliphatic carbocycles. The molecule has 3 heterocycles. The maximum Gasteiger partial charge on any atom is 0.405 e. The largest absolute Gasteiger partial charge is 0.466 e. The van der Waals surface area contributed by atoms with Gasteiger partial charge in [-0.25, -0.2) is 15.0 Å². The van der Waals surface area contributed by atoms with Crippen molar-refractivity contribution in [1.82, 2.24) is 20.3 Å². The van der Waals surface area contributed by atoms with E-state index in [1.807, 2.05) is 30.4 Å². The first-order chi connectivity index (χ1) is 17.1. The zero-order chi connectivity index (χ0) is 25.9. The van der Waals surface area contributed by atoms with Gasteiger partial charge in [0.25, 0.3) is 5.91 Å². The zero-order valence-electron chi connectivity index (χ0n) is 19.8. The van der Waals surface area contributed by atoms with Crippen molar-refractivity contribution in [3.8, 4) is 5.88 Å². The lowest BCUT2D eigenvalue weighted by Gasteiger charge is -2.32. The average Bonchev–Trinajstić information content (AvgIpc) is 3.28. The first-order valence-corrected chi connectivity index (χ1v) is 13.3. The Hall–Kier alpha value is -3.48. The fraction of sp³-hybridized carbons (Fsp3) is 0.391. The minimum absolute atomic E-state index is 0.0276. The summed E-state index contributed by atoms with van der Waals surface area (Å²) in [6.45, 7) is -0.174. The zero-order valence-corrected chi connectivity index (χ0v) is 20.7. The second-order valence-electron chi connectivity index (χ2n) is 8.56. The van der Waals surface area contributed by atoms with Gasteiger partial charge in [-0.3, -0.25) is 9.00 Å². The molecule has 2 N–H and O–H groups in total. The van der Waals surface area contributed by atoms with Crippen molar-refractivity contribution in [2.45, 2.75) is 25.9 Å². The Morgan fingerprint density at radius 1 is 1.19 bits per heavy atom. The molecule has 1 fully saturated rings. The predicted octanol–water partition coefficient (Wildman–Crippen LogP) is 3.30. The molecule has 0 bridgehead atoms. The highest BCUT2D eigenvalue weighted by Crippen LogP contribution is 2.34. The summed E-state index contributed by atoms with van der Waals surface area (Å²) >= 11 is 0. The van der Waals surface area contributed by atoms with Crippen LogP contribution in [0.25, 0.3) is 10.9 Å². The third kappa shape index (κ3) is 5.83. The van der Waals surface area contributed by atoms with E-state index in [0.29, 0.717) is 28.5 Å². The van der Waals surface area contributed by atoms with Gasteiger partial charge in [-0.2, -0.15) is 13.2 Å². The lowest BCUT2D eigenvalue weighted by atomic mass is 10.1. The molecule has 0 radical (unpaired) electrons. The number of pyridine rings is 1. The molecule has 13 heteroatoms.